The molecule has 1 aromatic carbocycles. The van der Waals surface area contributed by atoms with Crippen LogP contribution in [0.25, 0.3) is 0 Å². The summed E-state index contributed by atoms with van der Waals surface area (Å²) in [6, 6.07) is 8.15. The van der Waals surface area contributed by atoms with Crippen LogP contribution in [0.4, 0.5) is 0 Å². The second-order valence-electron chi connectivity index (χ2n) is 3.26. The first-order chi connectivity index (χ1) is 6.63. The van der Waals surface area contributed by atoms with Gasteiger partial charge in [0.15, 0.2) is 0 Å². The van der Waals surface area contributed by atoms with Gasteiger partial charge in [-0.1, -0.05) is 19.1 Å². The van der Waals surface area contributed by atoms with Crippen molar-refractivity contribution in [3.63, 3.8) is 0 Å². The number of methoxy groups -OCH3 is 1. The minimum Gasteiger partial charge on any atom is -0.469 e. The van der Waals surface area contributed by atoms with E-state index >= 15 is 0 Å². The van der Waals surface area contributed by atoms with Crippen molar-refractivity contribution in [2.75, 3.05) is 7.11 Å². The van der Waals surface area contributed by atoms with Gasteiger partial charge in [0.1, 0.15) is 0 Å². The van der Waals surface area contributed by atoms with Crippen LogP contribution in [0.1, 0.15) is 12.5 Å². The summed E-state index contributed by atoms with van der Waals surface area (Å²) in [7, 11) is 1.42. The van der Waals surface area contributed by atoms with E-state index in [1.807, 2.05) is 25.1 Å². The Kier molecular flexibility index (Phi) is 4.38. The van der Waals surface area contributed by atoms with E-state index in [0.717, 1.165) is 6.42 Å². The minimum absolute atomic E-state index is 0.0711. The summed E-state index contributed by atoms with van der Waals surface area (Å²) in [5.41, 5.74) is 1.18. The van der Waals surface area contributed by atoms with Crippen molar-refractivity contribution in [1.82, 2.24) is 0 Å². The van der Waals surface area contributed by atoms with Crippen molar-refractivity contribution >= 4 is 28.6 Å². The van der Waals surface area contributed by atoms with E-state index in [2.05, 4.69) is 33.4 Å². The molecule has 0 spiro atoms. The molecule has 0 fully saturated rings. The highest BCUT2D eigenvalue weighted by atomic mass is 127. The molecule has 0 aliphatic rings. The molecule has 76 valence electrons. The number of halogens is 1. The summed E-state index contributed by atoms with van der Waals surface area (Å²) in [6.07, 6.45) is 0.740. The molecule has 0 N–H and O–H groups in total. The Morgan fingerprint density at radius 1 is 1.57 bits per heavy atom. The van der Waals surface area contributed by atoms with Crippen molar-refractivity contribution in [2.24, 2.45) is 5.92 Å². The molecule has 0 radical (unpaired) electrons. The first-order valence-corrected chi connectivity index (χ1v) is 5.53. The molecular weight excluding hydrogens is 291 g/mol. The molecule has 0 bridgehead atoms. The zero-order valence-electron chi connectivity index (χ0n) is 8.29. The van der Waals surface area contributed by atoms with Gasteiger partial charge in [-0.15, -0.1) is 0 Å². The van der Waals surface area contributed by atoms with Crippen LogP contribution in [-0.2, 0) is 16.0 Å². The van der Waals surface area contributed by atoms with Gasteiger partial charge in [0.25, 0.3) is 0 Å². The molecule has 3 heteroatoms. The number of ether oxygens (including phenoxy) is 1. The predicted octanol–water partition coefficient (Wildman–Crippen LogP) is 2.64. The summed E-state index contributed by atoms with van der Waals surface area (Å²) in [5.74, 6) is -0.220. The van der Waals surface area contributed by atoms with Gasteiger partial charge in [-0.2, -0.15) is 0 Å². The average Bonchev–Trinajstić information content (AvgIpc) is 2.16. The van der Waals surface area contributed by atoms with Gasteiger partial charge < -0.3 is 4.74 Å². The van der Waals surface area contributed by atoms with E-state index in [1.165, 1.54) is 16.2 Å². The van der Waals surface area contributed by atoms with Crippen molar-refractivity contribution in [2.45, 2.75) is 13.3 Å². The molecule has 14 heavy (non-hydrogen) atoms. The molecule has 0 amide bonds. The van der Waals surface area contributed by atoms with Crippen LogP contribution in [0, 0.1) is 9.49 Å². The third-order valence-electron chi connectivity index (χ3n) is 2.03. The second kappa shape index (κ2) is 5.34. The summed E-state index contributed by atoms with van der Waals surface area (Å²) < 4.78 is 5.87. The highest BCUT2D eigenvalue weighted by molar-refractivity contribution is 14.1. The molecule has 0 aliphatic carbocycles. The number of benzene rings is 1. The number of rotatable bonds is 3. The number of hydrogen-bond donors (Lipinski definition) is 0. The molecule has 0 unspecified atom stereocenters. The topological polar surface area (TPSA) is 26.3 Å². The Labute approximate surface area is 97.8 Å². The van der Waals surface area contributed by atoms with Gasteiger partial charge in [-0.05, 0) is 46.7 Å². The number of hydrogen-bond acceptors (Lipinski definition) is 2. The number of esters is 1. The van der Waals surface area contributed by atoms with Gasteiger partial charge >= 0.3 is 5.97 Å². The monoisotopic (exact) mass is 304 g/mol. The Hall–Kier alpha value is -0.580. The standard InChI is InChI=1S/C11H13IO2/c1-8(11(13)14-2)6-9-4-3-5-10(12)7-9/h3-5,7-8H,6H2,1-2H3/t8-/m0/s1. The lowest BCUT2D eigenvalue weighted by molar-refractivity contribution is -0.144. The van der Waals surface area contributed by atoms with Crippen LogP contribution in [0.3, 0.4) is 0 Å². The normalized spacial score (nSPS) is 12.2. The van der Waals surface area contributed by atoms with Crippen molar-refractivity contribution < 1.29 is 9.53 Å². The van der Waals surface area contributed by atoms with Crippen LogP contribution in [0.15, 0.2) is 24.3 Å². The third kappa shape index (κ3) is 3.29. The molecule has 1 rings (SSSR count). The van der Waals surface area contributed by atoms with Crippen molar-refractivity contribution in [3.8, 4) is 0 Å². The highest BCUT2D eigenvalue weighted by Crippen LogP contribution is 2.13. The van der Waals surface area contributed by atoms with Gasteiger partial charge in [0.05, 0.1) is 13.0 Å². The van der Waals surface area contributed by atoms with Crippen LogP contribution in [0.5, 0.6) is 0 Å². The fraction of sp³-hybridized carbons (Fsp3) is 0.364. The maximum absolute atomic E-state index is 11.2. The quantitative estimate of drug-likeness (QED) is 0.634. The van der Waals surface area contributed by atoms with E-state index in [-0.39, 0.29) is 11.9 Å². The molecule has 2 nitrogen and oxygen atoms in total. The molecule has 0 heterocycles. The third-order valence-corrected chi connectivity index (χ3v) is 2.71. The first-order valence-electron chi connectivity index (χ1n) is 4.45. The molecule has 1 atom stereocenters. The summed E-state index contributed by atoms with van der Waals surface area (Å²) >= 11 is 2.26. The van der Waals surface area contributed by atoms with Gasteiger partial charge in [0.2, 0.25) is 0 Å². The van der Waals surface area contributed by atoms with Gasteiger partial charge in [0, 0.05) is 3.57 Å². The van der Waals surface area contributed by atoms with E-state index in [4.69, 9.17) is 0 Å². The SMILES string of the molecule is COC(=O)[C@@H](C)Cc1cccc(I)c1. The number of carbonyl (C=O) groups excluding carboxylic acids is 1. The second-order valence-corrected chi connectivity index (χ2v) is 4.50. The molecule has 0 aromatic heterocycles. The van der Waals surface area contributed by atoms with E-state index < -0.39 is 0 Å². The summed E-state index contributed by atoms with van der Waals surface area (Å²) in [5, 5.41) is 0. The highest BCUT2D eigenvalue weighted by Gasteiger charge is 2.13. The first kappa shape index (κ1) is 11.5. The van der Waals surface area contributed by atoms with Crippen LogP contribution >= 0.6 is 22.6 Å². The van der Waals surface area contributed by atoms with Crippen LogP contribution in [0.2, 0.25) is 0 Å². The maximum Gasteiger partial charge on any atom is 0.308 e. The smallest absolute Gasteiger partial charge is 0.308 e. The predicted molar refractivity (Wildman–Crippen MR) is 64.0 cm³/mol. The fourth-order valence-corrected chi connectivity index (χ4v) is 1.91. The number of carbonyl (C=O) groups is 1. The Morgan fingerprint density at radius 3 is 2.86 bits per heavy atom. The maximum atomic E-state index is 11.2. The molecule has 0 aliphatic heterocycles. The largest absolute Gasteiger partial charge is 0.469 e. The van der Waals surface area contributed by atoms with Gasteiger partial charge in [-0.25, -0.2) is 0 Å². The van der Waals surface area contributed by atoms with Gasteiger partial charge in [-0.3, -0.25) is 4.79 Å². The fourth-order valence-electron chi connectivity index (χ4n) is 1.30. The lowest BCUT2D eigenvalue weighted by Gasteiger charge is -2.08. The van der Waals surface area contributed by atoms with E-state index in [1.54, 1.807) is 0 Å². The zero-order chi connectivity index (χ0) is 10.6. The van der Waals surface area contributed by atoms with Crippen LogP contribution < -0.4 is 0 Å². The zero-order valence-corrected chi connectivity index (χ0v) is 10.4. The Balaban J connectivity index is 2.64. The van der Waals surface area contributed by atoms with Crippen LogP contribution in [-0.4, -0.2) is 13.1 Å². The molecule has 0 saturated carbocycles. The van der Waals surface area contributed by atoms with E-state index in [9.17, 15) is 4.79 Å². The summed E-state index contributed by atoms with van der Waals surface area (Å²) in [4.78, 5) is 11.2. The summed E-state index contributed by atoms with van der Waals surface area (Å²) in [6.45, 7) is 1.88. The Morgan fingerprint density at radius 2 is 2.29 bits per heavy atom. The lowest BCUT2D eigenvalue weighted by atomic mass is 10.0. The lowest BCUT2D eigenvalue weighted by Crippen LogP contribution is -2.15. The van der Waals surface area contributed by atoms with Crippen molar-refractivity contribution in [3.05, 3.63) is 33.4 Å². The molecule has 0 saturated heterocycles. The molecular formula is C11H13IO2. The van der Waals surface area contributed by atoms with E-state index in [0.29, 0.717) is 0 Å². The minimum atomic E-state index is -0.149. The Bertz CT molecular complexity index is 323. The average molecular weight is 304 g/mol. The molecule has 1 aromatic rings. The van der Waals surface area contributed by atoms with Crippen molar-refractivity contribution in [1.29, 1.82) is 0 Å².